The second kappa shape index (κ2) is 3.99. The van der Waals surface area contributed by atoms with Crippen LogP contribution in [0.4, 0.5) is 0 Å². The normalized spacial score (nSPS) is 10.9. The van der Waals surface area contributed by atoms with Crippen LogP contribution in [-0.4, -0.2) is 9.55 Å². The highest BCUT2D eigenvalue weighted by Crippen LogP contribution is 2.07. The number of hydrogen-bond donors (Lipinski definition) is 0. The summed E-state index contributed by atoms with van der Waals surface area (Å²) in [5.41, 5.74) is -0.394. The minimum absolute atomic E-state index is 0.170. The first-order valence-electron chi connectivity index (χ1n) is 5.27. The van der Waals surface area contributed by atoms with Crippen LogP contribution in [0.3, 0.4) is 0 Å². The summed E-state index contributed by atoms with van der Waals surface area (Å²) < 4.78 is 11.1. The van der Waals surface area contributed by atoms with E-state index in [1.54, 1.807) is 24.3 Å². The second-order valence-corrected chi connectivity index (χ2v) is 3.70. The fourth-order valence-electron chi connectivity index (χ4n) is 1.75. The summed E-state index contributed by atoms with van der Waals surface area (Å²) in [6, 6.07) is 6.62. The highest BCUT2D eigenvalue weighted by molar-refractivity contribution is 5.72. The summed E-state index contributed by atoms with van der Waals surface area (Å²) in [7, 11) is 0. The largest absolute Gasteiger partial charge is 0.467 e. The Bertz CT molecular complexity index is 799. The molecular formula is C12H8N2O4. The molecule has 0 aliphatic rings. The molecule has 0 N–H and O–H groups in total. The van der Waals surface area contributed by atoms with Gasteiger partial charge in [-0.3, -0.25) is 4.57 Å². The molecule has 3 heterocycles. The molecule has 0 bridgehead atoms. The van der Waals surface area contributed by atoms with Crippen LogP contribution in [0.25, 0.3) is 11.0 Å². The highest BCUT2D eigenvalue weighted by Gasteiger charge is 2.11. The van der Waals surface area contributed by atoms with E-state index in [0.29, 0.717) is 5.76 Å². The lowest BCUT2D eigenvalue weighted by atomic mass is 10.3. The number of pyridine rings is 1. The van der Waals surface area contributed by atoms with Crippen LogP contribution in [0.2, 0.25) is 0 Å². The van der Waals surface area contributed by atoms with Crippen LogP contribution < -0.4 is 11.4 Å². The van der Waals surface area contributed by atoms with Crippen molar-refractivity contribution < 1.29 is 8.83 Å². The maximum absolute atomic E-state index is 11.7. The van der Waals surface area contributed by atoms with Crippen LogP contribution >= 0.6 is 0 Å². The topological polar surface area (TPSA) is 78.2 Å². The lowest BCUT2D eigenvalue weighted by Gasteiger charge is -2.04. The molecule has 0 amide bonds. The van der Waals surface area contributed by atoms with Crippen molar-refractivity contribution >= 4 is 11.0 Å². The van der Waals surface area contributed by atoms with Crippen LogP contribution in [-0.2, 0) is 6.54 Å². The minimum atomic E-state index is -0.748. The van der Waals surface area contributed by atoms with Gasteiger partial charge in [0.15, 0.2) is 5.65 Å². The van der Waals surface area contributed by atoms with Crippen LogP contribution in [0.1, 0.15) is 5.76 Å². The summed E-state index contributed by atoms with van der Waals surface area (Å²) in [6.45, 7) is 0.170. The van der Waals surface area contributed by atoms with Crippen molar-refractivity contribution in [3.8, 4) is 0 Å². The molecule has 0 aliphatic heterocycles. The average Bonchev–Trinajstić information content (AvgIpc) is 2.87. The zero-order valence-corrected chi connectivity index (χ0v) is 9.20. The lowest BCUT2D eigenvalue weighted by molar-refractivity contribution is 0.406. The van der Waals surface area contributed by atoms with E-state index in [0.717, 1.165) is 0 Å². The molecule has 0 radical (unpaired) electrons. The van der Waals surface area contributed by atoms with Crippen LogP contribution in [0, 0.1) is 0 Å². The fraction of sp³-hybridized carbons (Fsp3) is 0.0833. The first-order valence-corrected chi connectivity index (χ1v) is 5.27. The Balaban J connectivity index is 2.28. The van der Waals surface area contributed by atoms with Gasteiger partial charge in [0.05, 0.1) is 12.8 Å². The van der Waals surface area contributed by atoms with Crippen molar-refractivity contribution in [1.82, 2.24) is 9.55 Å². The molecule has 6 nitrogen and oxygen atoms in total. The van der Waals surface area contributed by atoms with Crippen molar-refractivity contribution in [3.05, 3.63) is 63.5 Å². The molecule has 0 fully saturated rings. The molecule has 18 heavy (non-hydrogen) atoms. The molecule has 0 aromatic carbocycles. The first-order chi connectivity index (χ1) is 8.75. The lowest BCUT2D eigenvalue weighted by Crippen LogP contribution is -2.26. The van der Waals surface area contributed by atoms with Crippen molar-refractivity contribution in [3.63, 3.8) is 0 Å². The van der Waals surface area contributed by atoms with Crippen molar-refractivity contribution in [2.45, 2.75) is 6.54 Å². The van der Waals surface area contributed by atoms with E-state index >= 15 is 0 Å². The summed E-state index contributed by atoms with van der Waals surface area (Å²) >= 11 is 0. The molecule has 0 spiro atoms. The smallest absolute Gasteiger partial charge is 0.423 e. The summed E-state index contributed by atoms with van der Waals surface area (Å²) in [5, 5.41) is 0.267. The van der Waals surface area contributed by atoms with Gasteiger partial charge in [0.1, 0.15) is 11.1 Å². The summed E-state index contributed by atoms with van der Waals surface area (Å²) in [4.78, 5) is 27.3. The molecule has 3 rings (SSSR count). The Morgan fingerprint density at radius 2 is 2.11 bits per heavy atom. The third kappa shape index (κ3) is 1.64. The van der Waals surface area contributed by atoms with E-state index < -0.39 is 11.4 Å². The van der Waals surface area contributed by atoms with Crippen molar-refractivity contribution in [1.29, 1.82) is 0 Å². The van der Waals surface area contributed by atoms with E-state index in [1.165, 1.54) is 17.0 Å². The average molecular weight is 244 g/mol. The standard InChI is InChI=1S/C12H8N2O4/c15-11-9-4-1-5-13-10(9)14(12(16)18-11)7-8-3-2-6-17-8/h1-6H,7H2. The third-order valence-corrected chi connectivity index (χ3v) is 2.56. The van der Waals surface area contributed by atoms with Gasteiger partial charge in [0, 0.05) is 6.20 Å². The monoisotopic (exact) mass is 244 g/mol. The maximum Gasteiger partial charge on any atom is 0.423 e. The second-order valence-electron chi connectivity index (χ2n) is 3.70. The van der Waals surface area contributed by atoms with Gasteiger partial charge in [-0.1, -0.05) is 0 Å². The fourth-order valence-corrected chi connectivity index (χ4v) is 1.75. The van der Waals surface area contributed by atoms with Gasteiger partial charge in [0.25, 0.3) is 0 Å². The first kappa shape index (κ1) is 10.5. The molecule has 90 valence electrons. The van der Waals surface area contributed by atoms with Gasteiger partial charge in [0.2, 0.25) is 0 Å². The summed E-state index contributed by atoms with van der Waals surface area (Å²) in [6.07, 6.45) is 3.02. The number of aromatic nitrogens is 2. The Kier molecular flexibility index (Phi) is 2.33. The van der Waals surface area contributed by atoms with Crippen molar-refractivity contribution in [2.75, 3.05) is 0 Å². The Morgan fingerprint density at radius 1 is 1.22 bits per heavy atom. The van der Waals surface area contributed by atoms with Gasteiger partial charge in [-0.2, -0.15) is 0 Å². The number of fused-ring (bicyclic) bond motifs is 1. The zero-order valence-electron chi connectivity index (χ0n) is 9.20. The number of hydrogen-bond acceptors (Lipinski definition) is 5. The number of rotatable bonds is 2. The van der Waals surface area contributed by atoms with Crippen LogP contribution in [0.15, 0.2) is 55.1 Å². The molecule has 0 saturated carbocycles. The summed E-state index contributed by atoms with van der Waals surface area (Å²) in [5.74, 6) is -0.166. The highest BCUT2D eigenvalue weighted by atomic mass is 16.4. The van der Waals surface area contributed by atoms with E-state index in [4.69, 9.17) is 4.42 Å². The van der Waals surface area contributed by atoms with Crippen molar-refractivity contribution in [2.24, 2.45) is 0 Å². The SMILES string of the molecule is O=c1oc(=O)n(Cc2ccco2)c2ncccc12. The van der Waals surface area contributed by atoms with Gasteiger partial charge >= 0.3 is 11.4 Å². The molecule has 0 saturated heterocycles. The Labute approximate surface area is 100 Å². The molecular weight excluding hydrogens is 236 g/mol. The Morgan fingerprint density at radius 3 is 2.89 bits per heavy atom. The number of furan rings is 1. The van der Waals surface area contributed by atoms with E-state index in [9.17, 15) is 9.59 Å². The minimum Gasteiger partial charge on any atom is -0.467 e. The van der Waals surface area contributed by atoms with E-state index in [-0.39, 0.29) is 17.6 Å². The van der Waals surface area contributed by atoms with Gasteiger partial charge in [-0.05, 0) is 24.3 Å². The molecule has 0 atom stereocenters. The molecule has 0 unspecified atom stereocenters. The van der Waals surface area contributed by atoms with Gasteiger partial charge in [-0.15, -0.1) is 0 Å². The van der Waals surface area contributed by atoms with E-state index in [2.05, 4.69) is 9.40 Å². The molecule has 3 aromatic rings. The quantitative estimate of drug-likeness (QED) is 0.671. The zero-order chi connectivity index (χ0) is 12.5. The Hall–Kier alpha value is -2.63. The van der Waals surface area contributed by atoms with E-state index in [1.807, 2.05) is 0 Å². The van der Waals surface area contributed by atoms with Gasteiger partial charge < -0.3 is 8.83 Å². The third-order valence-electron chi connectivity index (χ3n) is 2.56. The maximum atomic E-state index is 11.7. The molecule has 3 aromatic heterocycles. The molecule has 0 aliphatic carbocycles. The number of nitrogens with zero attached hydrogens (tertiary/aromatic N) is 2. The van der Waals surface area contributed by atoms with Gasteiger partial charge in [-0.25, -0.2) is 14.6 Å². The molecule has 6 heteroatoms. The predicted molar refractivity (Wildman–Crippen MR) is 62.3 cm³/mol. The predicted octanol–water partition coefficient (Wildman–Crippen LogP) is 0.991. The van der Waals surface area contributed by atoms with Crippen LogP contribution in [0.5, 0.6) is 0 Å².